The SMILES string of the molecule is COc1ccccc1C(Cn1c(=O)n(C(C)(C)C(=O)O)c(=O)c2c(C)c(-c3ncco3)sc21)O[C@H]1C[C@H]2COC[C@H]2C1. The minimum atomic E-state index is -1.81. The second-order valence-corrected chi connectivity index (χ2v) is 12.5. The zero-order valence-electron chi connectivity index (χ0n) is 23.9. The molecule has 4 heterocycles. The molecule has 0 amide bonds. The lowest BCUT2D eigenvalue weighted by Gasteiger charge is -2.27. The van der Waals surface area contributed by atoms with E-state index in [9.17, 15) is 19.5 Å². The minimum Gasteiger partial charge on any atom is -0.496 e. The monoisotopic (exact) mass is 595 g/mol. The Bertz CT molecular complexity index is 1740. The summed E-state index contributed by atoms with van der Waals surface area (Å²) in [5, 5.41) is 10.3. The van der Waals surface area contributed by atoms with Crippen molar-refractivity contribution < 1.29 is 28.5 Å². The van der Waals surface area contributed by atoms with Crippen LogP contribution in [0.1, 0.15) is 43.9 Å². The molecular weight excluding hydrogens is 562 g/mol. The molecule has 1 N–H and O–H groups in total. The smallest absolute Gasteiger partial charge is 0.333 e. The van der Waals surface area contributed by atoms with Gasteiger partial charge >= 0.3 is 11.7 Å². The van der Waals surface area contributed by atoms with Crippen LogP contribution in [0, 0.1) is 18.8 Å². The number of aliphatic carboxylic acids is 1. The molecule has 1 aromatic carbocycles. The van der Waals surface area contributed by atoms with E-state index in [1.54, 1.807) is 14.0 Å². The van der Waals surface area contributed by atoms with Gasteiger partial charge in [-0.05, 0) is 57.1 Å². The summed E-state index contributed by atoms with van der Waals surface area (Å²) >= 11 is 1.21. The zero-order valence-corrected chi connectivity index (χ0v) is 24.7. The third-order valence-corrected chi connectivity index (χ3v) is 9.88. The molecule has 222 valence electrons. The molecular formula is C30H33N3O8S. The third kappa shape index (κ3) is 4.67. The highest BCUT2D eigenvalue weighted by Gasteiger charge is 2.41. The van der Waals surface area contributed by atoms with E-state index in [1.807, 2.05) is 24.3 Å². The Hall–Kier alpha value is -3.74. The van der Waals surface area contributed by atoms with E-state index >= 15 is 0 Å². The third-order valence-electron chi connectivity index (χ3n) is 8.57. The van der Waals surface area contributed by atoms with Gasteiger partial charge in [0, 0.05) is 18.8 Å². The predicted octanol–water partition coefficient (Wildman–Crippen LogP) is 4.20. The van der Waals surface area contributed by atoms with E-state index in [2.05, 4.69) is 4.98 Å². The maximum atomic E-state index is 14.2. The number of carbonyl (C=O) groups is 1. The largest absolute Gasteiger partial charge is 0.496 e. The van der Waals surface area contributed by atoms with E-state index in [0.717, 1.165) is 36.2 Å². The average Bonchev–Trinajstić information content (AvgIpc) is 3.75. The number of oxazole rings is 1. The Morgan fingerprint density at radius 3 is 2.57 bits per heavy atom. The Kier molecular flexibility index (Phi) is 7.32. The summed E-state index contributed by atoms with van der Waals surface area (Å²) < 4.78 is 25.9. The van der Waals surface area contributed by atoms with Crippen molar-refractivity contribution in [3.05, 3.63) is 68.7 Å². The number of nitrogens with zero attached hydrogens (tertiary/aromatic N) is 3. The van der Waals surface area contributed by atoms with Gasteiger partial charge in [0.05, 0.1) is 36.2 Å². The van der Waals surface area contributed by atoms with Crippen molar-refractivity contribution in [1.29, 1.82) is 0 Å². The topological polar surface area (TPSA) is 135 Å². The number of carboxylic acids is 1. The predicted molar refractivity (Wildman–Crippen MR) is 155 cm³/mol. The maximum Gasteiger partial charge on any atom is 0.333 e. The Morgan fingerprint density at radius 1 is 1.21 bits per heavy atom. The molecule has 1 unspecified atom stereocenters. The number of methoxy groups -OCH3 is 1. The van der Waals surface area contributed by atoms with Gasteiger partial charge < -0.3 is 23.7 Å². The molecule has 4 aromatic rings. The summed E-state index contributed by atoms with van der Waals surface area (Å²) in [4.78, 5) is 45.6. The van der Waals surface area contributed by atoms with Gasteiger partial charge in [-0.1, -0.05) is 18.2 Å². The quantitative estimate of drug-likeness (QED) is 0.302. The number of para-hydroxylation sites is 1. The lowest BCUT2D eigenvalue weighted by Crippen LogP contribution is -2.52. The van der Waals surface area contributed by atoms with Crippen LogP contribution < -0.4 is 16.0 Å². The molecule has 11 nitrogen and oxygen atoms in total. The Morgan fingerprint density at radius 2 is 1.93 bits per heavy atom. The average molecular weight is 596 g/mol. The van der Waals surface area contributed by atoms with E-state index in [4.69, 9.17) is 18.6 Å². The number of hydrogen-bond acceptors (Lipinski definition) is 9. The van der Waals surface area contributed by atoms with E-state index in [0.29, 0.717) is 38.7 Å². The number of hydrogen-bond donors (Lipinski definition) is 1. The molecule has 2 fully saturated rings. The van der Waals surface area contributed by atoms with Crippen molar-refractivity contribution in [1.82, 2.24) is 14.1 Å². The molecule has 3 aromatic heterocycles. The summed E-state index contributed by atoms with van der Waals surface area (Å²) in [6, 6.07) is 7.49. The first-order valence-electron chi connectivity index (χ1n) is 13.9. The first kappa shape index (κ1) is 28.4. The van der Waals surface area contributed by atoms with Gasteiger partial charge in [0.15, 0.2) is 0 Å². The lowest BCUT2D eigenvalue weighted by molar-refractivity contribution is -0.146. The molecule has 6 rings (SSSR count). The summed E-state index contributed by atoms with van der Waals surface area (Å²) in [6.45, 7) is 5.91. The van der Waals surface area contributed by atoms with Gasteiger partial charge in [-0.15, -0.1) is 11.3 Å². The maximum absolute atomic E-state index is 14.2. The van der Waals surface area contributed by atoms with Crippen LogP contribution in [-0.4, -0.2) is 51.6 Å². The standard InChI is InChI=1S/C30H33N3O8S/c1-16-23-26(34)33(30(2,3)28(35)36)29(37)32(27(23)42-24(16)25-31-9-10-40-25)13-22(20-7-5-6-8-21(20)38-4)41-19-11-17-14-39-15-18(17)12-19/h5-10,17-19,22H,11-15H2,1-4H3,(H,35,36)/t17-,18+,19-,22?. The van der Waals surface area contributed by atoms with Crippen LogP contribution in [0.25, 0.3) is 21.0 Å². The molecule has 1 aliphatic carbocycles. The van der Waals surface area contributed by atoms with Gasteiger partial charge in [0.2, 0.25) is 5.89 Å². The zero-order chi connectivity index (χ0) is 29.8. The summed E-state index contributed by atoms with van der Waals surface area (Å²) in [7, 11) is 1.58. The van der Waals surface area contributed by atoms with Crippen LogP contribution in [0.4, 0.5) is 0 Å². The minimum absolute atomic E-state index is 0.0268. The Labute approximate surface area is 245 Å². The van der Waals surface area contributed by atoms with Gasteiger partial charge in [-0.3, -0.25) is 9.36 Å². The van der Waals surface area contributed by atoms with Crippen LogP contribution in [-0.2, 0) is 26.4 Å². The normalized spacial score (nSPS) is 21.1. The highest BCUT2D eigenvalue weighted by atomic mass is 32.1. The summed E-state index contributed by atoms with van der Waals surface area (Å²) in [5.74, 6) is 0.489. The molecule has 0 bridgehead atoms. The van der Waals surface area contributed by atoms with Crippen LogP contribution >= 0.6 is 11.3 Å². The molecule has 0 radical (unpaired) electrons. The van der Waals surface area contributed by atoms with Crippen LogP contribution in [0.15, 0.2) is 50.7 Å². The van der Waals surface area contributed by atoms with Gasteiger partial charge in [0.25, 0.3) is 5.56 Å². The molecule has 12 heteroatoms. The first-order chi connectivity index (χ1) is 20.1. The van der Waals surface area contributed by atoms with Gasteiger partial charge in [0.1, 0.15) is 28.5 Å². The fourth-order valence-corrected chi connectivity index (χ4v) is 7.47. The fourth-order valence-electron chi connectivity index (χ4n) is 6.23. The number of fused-ring (bicyclic) bond motifs is 2. The van der Waals surface area contributed by atoms with Crippen molar-refractivity contribution >= 4 is 27.5 Å². The van der Waals surface area contributed by atoms with Crippen LogP contribution in [0.5, 0.6) is 5.75 Å². The summed E-state index contributed by atoms with van der Waals surface area (Å²) in [6.07, 6.45) is 3.95. The highest BCUT2D eigenvalue weighted by Crippen LogP contribution is 2.42. The number of aryl methyl sites for hydroxylation is 1. The van der Waals surface area contributed by atoms with Gasteiger partial charge in [-0.25, -0.2) is 19.1 Å². The highest BCUT2D eigenvalue weighted by molar-refractivity contribution is 7.22. The number of rotatable bonds is 9. The first-order valence-corrected chi connectivity index (χ1v) is 14.7. The van der Waals surface area contributed by atoms with Crippen molar-refractivity contribution in [3.8, 4) is 16.5 Å². The van der Waals surface area contributed by atoms with Crippen LogP contribution in [0.2, 0.25) is 0 Å². The second kappa shape index (κ2) is 10.8. The Balaban J connectivity index is 1.54. The molecule has 0 spiro atoms. The molecule has 4 atom stereocenters. The molecule has 42 heavy (non-hydrogen) atoms. The van der Waals surface area contributed by atoms with Crippen molar-refractivity contribution in [2.24, 2.45) is 11.8 Å². The molecule has 1 saturated heterocycles. The van der Waals surface area contributed by atoms with E-state index in [-0.39, 0.29) is 18.0 Å². The number of ether oxygens (including phenoxy) is 3. The van der Waals surface area contributed by atoms with Crippen LogP contribution in [0.3, 0.4) is 0 Å². The van der Waals surface area contributed by atoms with Gasteiger partial charge in [-0.2, -0.15) is 0 Å². The number of aromatic nitrogens is 3. The molecule has 2 aliphatic rings. The van der Waals surface area contributed by atoms with E-state index in [1.165, 1.54) is 42.2 Å². The molecule has 1 aliphatic heterocycles. The van der Waals surface area contributed by atoms with Crippen molar-refractivity contribution in [2.45, 2.75) is 57.9 Å². The lowest BCUT2D eigenvalue weighted by atomic mass is 10.0. The number of carboxylic acid groups (broad SMARTS) is 1. The van der Waals surface area contributed by atoms with Crippen molar-refractivity contribution in [2.75, 3.05) is 20.3 Å². The molecule has 1 saturated carbocycles. The fraction of sp³-hybridized carbons (Fsp3) is 0.467. The number of benzene rings is 1. The van der Waals surface area contributed by atoms with Crippen molar-refractivity contribution in [3.63, 3.8) is 0 Å². The second-order valence-electron chi connectivity index (χ2n) is 11.5. The van der Waals surface area contributed by atoms with E-state index < -0.39 is 28.9 Å². The number of thiophene rings is 1. The summed E-state index contributed by atoms with van der Waals surface area (Å²) in [5.41, 5.74) is -1.91.